The zero-order valence-corrected chi connectivity index (χ0v) is 14.1. The average molecular weight is 383 g/mol. The molecule has 2 amide bonds. The largest absolute Gasteiger partial charge is 0.388 e. The Hall–Kier alpha value is -2.20. The predicted octanol–water partition coefficient (Wildman–Crippen LogP) is 1.52. The molecule has 1 aromatic carbocycles. The van der Waals surface area contributed by atoms with Gasteiger partial charge in [-0.2, -0.15) is 5.10 Å². The number of rotatable bonds is 3. The first-order chi connectivity index (χ1) is 12.5. The third-order valence-electron chi connectivity index (χ3n) is 4.39. The number of aromatic nitrogens is 2. The lowest BCUT2D eigenvalue weighted by atomic mass is 9.96. The fraction of sp³-hybridized carbons (Fsp3) is 0.375. The van der Waals surface area contributed by atoms with Crippen molar-refractivity contribution in [1.29, 1.82) is 0 Å². The summed E-state index contributed by atoms with van der Waals surface area (Å²) in [7, 11) is 0. The first-order valence-corrected chi connectivity index (χ1v) is 8.37. The zero-order chi connectivity index (χ0) is 18.3. The van der Waals surface area contributed by atoms with Gasteiger partial charge in [0, 0.05) is 11.9 Å². The summed E-state index contributed by atoms with van der Waals surface area (Å²) < 4.78 is 26.0. The molecular formula is C16H16ClFN4O4. The van der Waals surface area contributed by atoms with Crippen molar-refractivity contribution in [3.05, 3.63) is 47.5 Å². The number of benzene rings is 1. The third-order valence-corrected chi connectivity index (χ3v) is 4.58. The van der Waals surface area contributed by atoms with Crippen LogP contribution < -0.4 is 10.6 Å². The summed E-state index contributed by atoms with van der Waals surface area (Å²) >= 11 is 5.90. The van der Waals surface area contributed by atoms with Crippen LogP contribution in [0.4, 0.5) is 14.9 Å². The van der Waals surface area contributed by atoms with Gasteiger partial charge in [-0.25, -0.2) is 9.18 Å². The van der Waals surface area contributed by atoms with Crippen LogP contribution in [0.15, 0.2) is 36.7 Å². The first kappa shape index (κ1) is 17.2. The van der Waals surface area contributed by atoms with Crippen molar-refractivity contribution in [2.45, 2.75) is 30.6 Å². The number of carbonyl (C=O) groups excluding carboxylic acids is 1. The lowest BCUT2D eigenvalue weighted by Gasteiger charge is -2.38. The number of carbonyl (C=O) groups is 1. The second kappa shape index (κ2) is 6.84. The highest BCUT2D eigenvalue weighted by atomic mass is 35.5. The molecule has 10 heteroatoms. The number of aliphatic hydroxyl groups is 1. The molecule has 3 heterocycles. The molecule has 2 aromatic rings. The molecule has 2 fully saturated rings. The molecule has 0 aliphatic carbocycles. The number of nitrogens with one attached hydrogen (secondary N) is 2. The van der Waals surface area contributed by atoms with E-state index in [1.165, 1.54) is 29.1 Å². The summed E-state index contributed by atoms with van der Waals surface area (Å²) in [5.74, 6) is -0.466. The van der Waals surface area contributed by atoms with Gasteiger partial charge in [-0.15, -0.1) is 0 Å². The SMILES string of the molecule is O=C(Nc1cccc(F)c1)NC1C2COC(O2)C(n2cc(Cl)cn2)C1O. The van der Waals surface area contributed by atoms with Crippen molar-refractivity contribution < 1.29 is 23.8 Å². The summed E-state index contributed by atoms with van der Waals surface area (Å²) in [5.41, 5.74) is 0.296. The maximum absolute atomic E-state index is 13.2. The highest BCUT2D eigenvalue weighted by Gasteiger charge is 2.51. The Kier molecular flexibility index (Phi) is 4.53. The van der Waals surface area contributed by atoms with E-state index in [9.17, 15) is 14.3 Å². The smallest absolute Gasteiger partial charge is 0.319 e. The van der Waals surface area contributed by atoms with E-state index in [1.54, 1.807) is 12.3 Å². The lowest BCUT2D eigenvalue weighted by Crippen LogP contribution is -2.59. The molecule has 2 bridgehead atoms. The maximum Gasteiger partial charge on any atom is 0.319 e. The number of ether oxygens (including phenoxy) is 2. The molecule has 8 nitrogen and oxygen atoms in total. The Morgan fingerprint density at radius 1 is 1.46 bits per heavy atom. The minimum absolute atomic E-state index is 0.220. The number of fused-ring (bicyclic) bond motifs is 2. The molecule has 0 radical (unpaired) electrons. The number of halogens is 2. The maximum atomic E-state index is 13.2. The van der Waals surface area contributed by atoms with E-state index < -0.39 is 42.4 Å². The highest BCUT2D eigenvalue weighted by molar-refractivity contribution is 6.30. The number of hydrogen-bond donors (Lipinski definition) is 3. The Balaban J connectivity index is 1.49. The molecule has 5 unspecified atom stereocenters. The number of nitrogens with zero attached hydrogens (tertiary/aromatic N) is 2. The number of hydrogen-bond acceptors (Lipinski definition) is 5. The van der Waals surface area contributed by atoms with Gasteiger partial charge in [0.2, 0.25) is 0 Å². The standard InChI is InChI=1S/C16H16ClFN4O4/c17-8-5-19-22(6-8)13-14(23)12(11-7-25-15(13)26-11)21-16(24)20-10-3-1-2-9(18)4-10/h1-6,11-15,23H,7H2,(H2,20,21,24). The predicted molar refractivity (Wildman–Crippen MR) is 89.2 cm³/mol. The quantitative estimate of drug-likeness (QED) is 0.747. The molecule has 3 N–H and O–H groups in total. The van der Waals surface area contributed by atoms with Crippen molar-refractivity contribution in [3.8, 4) is 0 Å². The number of anilines is 1. The molecule has 2 aliphatic rings. The molecular weight excluding hydrogens is 367 g/mol. The van der Waals surface area contributed by atoms with Gasteiger partial charge in [0.05, 0.1) is 23.9 Å². The molecule has 26 heavy (non-hydrogen) atoms. The van der Waals surface area contributed by atoms with Crippen LogP contribution in [0.5, 0.6) is 0 Å². The van der Waals surface area contributed by atoms with Gasteiger partial charge < -0.3 is 25.2 Å². The second-order valence-corrected chi connectivity index (χ2v) is 6.57. The summed E-state index contributed by atoms with van der Waals surface area (Å²) in [5, 5.41) is 20.5. The third kappa shape index (κ3) is 3.26. The van der Waals surface area contributed by atoms with Crippen LogP contribution in [0, 0.1) is 5.82 Å². The van der Waals surface area contributed by atoms with Crippen LogP contribution in [0.2, 0.25) is 5.02 Å². The van der Waals surface area contributed by atoms with E-state index in [0.29, 0.717) is 10.7 Å². The van der Waals surface area contributed by atoms with Crippen molar-refractivity contribution in [2.75, 3.05) is 11.9 Å². The minimum atomic E-state index is -1.02. The topological polar surface area (TPSA) is 97.6 Å². The first-order valence-electron chi connectivity index (χ1n) is 7.99. The minimum Gasteiger partial charge on any atom is -0.388 e. The van der Waals surface area contributed by atoms with Crippen molar-refractivity contribution >= 4 is 23.3 Å². The number of aliphatic hydroxyl groups excluding tert-OH is 1. The fourth-order valence-electron chi connectivity index (χ4n) is 3.22. The van der Waals surface area contributed by atoms with Crippen LogP contribution in [0.3, 0.4) is 0 Å². The molecule has 2 saturated heterocycles. The molecule has 1 aromatic heterocycles. The van der Waals surface area contributed by atoms with Crippen LogP contribution in [-0.2, 0) is 9.47 Å². The van der Waals surface area contributed by atoms with E-state index in [-0.39, 0.29) is 6.61 Å². The monoisotopic (exact) mass is 382 g/mol. The van der Waals surface area contributed by atoms with Gasteiger partial charge in [0.1, 0.15) is 24.1 Å². The van der Waals surface area contributed by atoms with Crippen LogP contribution in [-0.4, -0.2) is 52.1 Å². The molecule has 0 saturated carbocycles. The van der Waals surface area contributed by atoms with Gasteiger partial charge in [0.15, 0.2) is 6.29 Å². The molecule has 5 atom stereocenters. The van der Waals surface area contributed by atoms with Gasteiger partial charge in [0.25, 0.3) is 0 Å². The molecule has 138 valence electrons. The second-order valence-electron chi connectivity index (χ2n) is 6.13. The summed E-state index contributed by atoms with van der Waals surface area (Å²) in [4.78, 5) is 12.3. The highest BCUT2D eigenvalue weighted by Crippen LogP contribution is 2.35. The number of amides is 2. The summed E-state index contributed by atoms with van der Waals surface area (Å²) in [6.07, 6.45) is 0.778. The Morgan fingerprint density at radius 3 is 3.04 bits per heavy atom. The van der Waals surface area contributed by atoms with Crippen molar-refractivity contribution in [1.82, 2.24) is 15.1 Å². The Bertz CT molecular complexity index is 819. The van der Waals surface area contributed by atoms with Crippen LogP contribution in [0.1, 0.15) is 6.04 Å². The molecule has 2 aliphatic heterocycles. The Labute approximate surface area is 152 Å². The van der Waals surface area contributed by atoms with Gasteiger partial charge in [-0.05, 0) is 18.2 Å². The zero-order valence-electron chi connectivity index (χ0n) is 13.4. The van der Waals surface area contributed by atoms with Crippen molar-refractivity contribution in [3.63, 3.8) is 0 Å². The van der Waals surface area contributed by atoms with Crippen molar-refractivity contribution in [2.24, 2.45) is 0 Å². The van der Waals surface area contributed by atoms with E-state index >= 15 is 0 Å². The van der Waals surface area contributed by atoms with Gasteiger partial charge in [-0.1, -0.05) is 17.7 Å². The number of urea groups is 1. The summed E-state index contributed by atoms with van der Waals surface area (Å²) in [6, 6.07) is 3.51. The Morgan fingerprint density at radius 2 is 2.31 bits per heavy atom. The van der Waals surface area contributed by atoms with Gasteiger partial charge in [-0.3, -0.25) is 4.68 Å². The van der Waals surface area contributed by atoms with E-state index in [4.69, 9.17) is 21.1 Å². The molecule has 4 rings (SSSR count). The fourth-order valence-corrected chi connectivity index (χ4v) is 3.37. The summed E-state index contributed by atoms with van der Waals surface area (Å²) in [6.45, 7) is 0.220. The van der Waals surface area contributed by atoms with E-state index in [1.807, 2.05) is 0 Å². The van der Waals surface area contributed by atoms with Gasteiger partial charge >= 0.3 is 6.03 Å². The lowest BCUT2D eigenvalue weighted by molar-refractivity contribution is -0.166. The van der Waals surface area contributed by atoms with Crippen LogP contribution in [0.25, 0.3) is 0 Å². The van der Waals surface area contributed by atoms with Crippen LogP contribution >= 0.6 is 11.6 Å². The van der Waals surface area contributed by atoms with E-state index in [0.717, 1.165) is 0 Å². The normalized spacial score (nSPS) is 30.2. The average Bonchev–Trinajstić information content (AvgIpc) is 3.20. The molecule has 0 spiro atoms. The van der Waals surface area contributed by atoms with E-state index in [2.05, 4.69) is 15.7 Å².